The molecule has 0 spiro atoms. The Morgan fingerprint density at radius 3 is 2.57 bits per heavy atom. The quantitative estimate of drug-likeness (QED) is 0.829. The van der Waals surface area contributed by atoms with Crippen LogP contribution in [0.3, 0.4) is 0 Å². The Hall–Kier alpha value is -2.63. The topological polar surface area (TPSA) is 73.2 Å². The van der Waals surface area contributed by atoms with Crippen molar-refractivity contribution in [3.05, 3.63) is 47.3 Å². The van der Waals surface area contributed by atoms with E-state index in [1.165, 1.54) is 0 Å². The van der Waals surface area contributed by atoms with Crippen molar-refractivity contribution in [1.29, 1.82) is 0 Å². The molecule has 0 aliphatic heterocycles. The zero-order valence-corrected chi connectivity index (χ0v) is 13.6. The number of benzene rings is 1. The highest BCUT2D eigenvalue weighted by atomic mass is 16.5. The lowest BCUT2D eigenvalue weighted by Crippen LogP contribution is -2.29. The lowest BCUT2D eigenvalue weighted by molar-refractivity contribution is -0.124. The molecule has 0 saturated carbocycles. The smallest absolute Gasteiger partial charge is 0.342 e. The molecule has 0 saturated heterocycles. The van der Waals surface area contributed by atoms with Crippen LogP contribution in [0, 0.1) is 13.8 Å². The van der Waals surface area contributed by atoms with Gasteiger partial charge in [-0.25, -0.2) is 9.48 Å². The molecule has 0 bridgehead atoms. The summed E-state index contributed by atoms with van der Waals surface area (Å²) in [4.78, 5) is 23.8. The average molecular weight is 315 g/mol. The van der Waals surface area contributed by atoms with Crippen LogP contribution in [0.15, 0.2) is 30.3 Å². The summed E-state index contributed by atoms with van der Waals surface area (Å²) >= 11 is 0. The van der Waals surface area contributed by atoms with Gasteiger partial charge in [0.05, 0.1) is 17.1 Å². The van der Waals surface area contributed by atoms with Gasteiger partial charge in [0, 0.05) is 6.54 Å². The van der Waals surface area contributed by atoms with Crippen molar-refractivity contribution >= 4 is 11.9 Å². The number of nitrogens with one attached hydrogen (secondary N) is 1. The molecule has 0 aliphatic rings. The lowest BCUT2D eigenvalue weighted by Gasteiger charge is -2.07. The van der Waals surface area contributed by atoms with Gasteiger partial charge in [0.25, 0.3) is 5.91 Å². The van der Waals surface area contributed by atoms with E-state index >= 15 is 0 Å². The zero-order chi connectivity index (χ0) is 16.8. The van der Waals surface area contributed by atoms with Gasteiger partial charge in [-0.2, -0.15) is 5.10 Å². The van der Waals surface area contributed by atoms with Crippen LogP contribution in [0.2, 0.25) is 0 Å². The molecule has 1 heterocycles. The molecule has 0 unspecified atom stereocenters. The van der Waals surface area contributed by atoms with E-state index in [2.05, 4.69) is 10.4 Å². The number of aryl methyl sites for hydroxylation is 1. The predicted octanol–water partition coefficient (Wildman–Crippen LogP) is 2.17. The summed E-state index contributed by atoms with van der Waals surface area (Å²) in [6.07, 6.45) is 0.835. The second-order valence-electron chi connectivity index (χ2n) is 5.22. The predicted molar refractivity (Wildman–Crippen MR) is 86.6 cm³/mol. The molecular weight excluding hydrogens is 294 g/mol. The minimum Gasteiger partial charge on any atom is -0.452 e. The van der Waals surface area contributed by atoms with Gasteiger partial charge in [0.15, 0.2) is 6.61 Å². The van der Waals surface area contributed by atoms with Crippen molar-refractivity contribution in [2.24, 2.45) is 0 Å². The molecular formula is C17H21N3O3. The highest BCUT2D eigenvalue weighted by Crippen LogP contribution is 2.18. The first kappa shape index (κ1) is 16.7. The minimum atomic E-state index is -0.533. The van der Waals surface area contributed by atoms with Crippen LogP contribution >= 0.6 is 0 Å². The Balaban J connectivity index is 2.12. The lowest BCUT2D eigenvalue weighted by atomic mass is 10.2. The zero-order valence-electron chi connectivity index (χ0n) is 13.6. The van der Waals surface area contributed by atoms with E-state index in [-0.39, 0.29) is 12.5 Å². The van der Waals surface area contributed by atoms with Crippen molar-refractivity contribution < 1.29 is 14.3 Å². The number of ether oxygens (including phenoxy) is 1. The minimum absolute atomic E-state index is 0.284. The van der Waals surface area contributed by atoms with Gasteiger partial charge in [-0.1, -0.05) is 25.1 Å². The summed E-state index contributed by atoms with van der Waals surface area (Å²) in [6, 6.07) is 9.54. The second-order valence-corrected chi connectivity index (χ2v) is 5.22. The van der Waals surface area contributed by atoms with Gasteiger partial charge in [-0.15, -0.1) is 0 Å². The summed E-state index contributed by atoms with van der Waals surface area (Å²) in [5.74, 6) is -0.834. The van der Waals surface area contributed by atoms with E-state index in [1.54, 1.807) is 18.5 Å². The second kappa shape index (κ2) is 7.58. The van der Waals surface area contributed by atoms with Crippen LogP contribution < -0.4 is 5.32 Å². The summed E-state index contributed by atoms with van der Waals surface area (Å²) in [6.45, 7) is 5.80. The van der Waals surface area contributed by atoms with Crippen LogP contribution in [-0.2, 0) is 9.53 Å². The molecule has 2 rings (SSSR count). The molecule has 1 aromatic carbocycles. The van der Waals surface area contributed by atoms with E-state index in [9.17, 15) is 9.59 Å². The fourth-order valence-electron chi connectivity index (χ4n) is 2.28. The number of para-hydroxylation sites is 1. The molecule has 122 valence electrons. The normalized spacial score (nSPS) is 10.4. The molecule has 0 radical (unpaired) electrons. The van der Waals surface area contributed by atoms with Gasteiger partial charge < -0.3 is 10.1 Å². The van der Waals surface area contributed by atoms with Crippen molar-refractivity contribution in [2.45, 2.75) is 27.2 Å². The number of aromatic nitrogens is 2. The molecule has 1 N–H and O–H groups in total. The first-order valence-electron chi connectivity index (χ1n) is 7.60. The van der Waals surface area contributed by atoms with Crippen LogP contribution in [0.25, 0.3) is 5.69 Å². The van der Waals surface area contributed by atoms with Crippen LogP contribution in [0.1, 0.15) is 35.1 Å². The number of nitrogens with zero attached hydrogens (tertiary/aromatic N) is 2. The van der Waals surface area contributed by atoms with Gasteiger partial charge in [0.2, 0.25) is 0 Å². The largest absolute Gasteiger partial charge is 0.452 e. The Morgan fingerprint density at radius 1 is 1.22 bits per heavy atom. The number of carbonyl (C=O) groups is 2. The van der Waals surface area contributed by atoms with E-state index in [1.807, 2.05) is 37.3 Å². The average Bonchev–Trinajstić information content (AvgIpc) is 2.86. The number of carbonyl (C=O) groups excluding carboxylic acids is 2. The summed E-state index contributed by atoms with van der Waals surface area (Å²) in [5.41, 5.74) is 2.53. The molecule has 1 aromatic heterocycles. The monoisotopic (exact) mass is 315 g/mol. The molecule has 6 heteroatoms. The van der Waals surface area contributed by atoms with Crippen LogP contribution in [0.5, 0.6) is 0 Å². The SMILES string of the molecule is CCCNC(=O)COC(=O)c1c(C)nn(-c2ccccc2)c1C. The number of hydrogen-bond donors (Lipinski definition) is 1. The van der Waals surface area contributed by atoms with Crippen LogP contribution in [-0.4, -0.2) is 34.8 Å². The Labute approximate surface area is 135 Å². The molecule has 2 aromatic rings. The first-order valence-corrected chi connectivity index (χ1v) is 7.60. The highest BCUT2D eigenvalue weighted by Gasteiger charge is 2.21. The summed E-state index contributed by atoms with van der Waals surface area (Å²) in [5, 5.41) is 7.06. The van der Waals surface area contributed by atoms with E-state index in [0.29, 0.717) is 23.5 Å². The highest BCUT2D eigenvalue weighted by molar-refractivity contribution is 5.93. The molecule has 1 amide bonds. The summed E-state index contributed by atoms with van der Waals surface area (Å²) < 4.78 is 6.79. The third kappa shape index (κ3) is 3.97. The third-order valence-corrected chi connectivity index (χ3v) is 3.40. The maximum absolute atomic E-state index is 12.3. The van der Waals surface area contributed by atoms with Crippen LogP contribution in [0.4, 0.5) is 0 Å². The van der Waals surface area contributed by atoms with Crippen molar-refractivity contribution in [2.75, 3.05) is 13.2 Å². The number of rotatable bonds is 6. The van der Waals surface area contributed by atoms with Crippen molar-refractivity contribution in [3.8, 4) is 5.69 Å². The van der Waals surface area contributed by atoms with E-state index in [0.717, 1.165) is 12.1 Å². The maximum Gasteiger partial charge on any atom is 0.342 e. The number of amides is 1. The van der Waals surface area contributed by atoms with E-state index in [4.69, 9.17) is 4.74 Å². The number of esters is 1. The first-order chi connectivity index (χ1) is 11.0. The van der Waals surface area contributed by atoms with Gasteiger partial charge in [-0.05, 0) is 32.4 Å². The standard InChI is InChI=1S/C17H21N3O3/c1-4-10-18-15(21)11-23-17(22)16-12(2)19-20(13(16)3)14-8-6-5-7-9-14/h5-9H,4,10-11H2,1-3H3,(H,18,21). The molecule has 23 heavy (non-hydrogen) atoms. The molecule has 0 aliphatic carbocycles. The maximum atomic E-state index is 12.3. The van der Waals surface area contributed by atoms with E-state index < -0.39 is 5.97 Å². The van der Waals surface area contributed by atoms with Crippen molar-refractivity contribution in [1.82, 2.24) is 15.1 Å². The fraction of sp³-hybridized carbons (Fsp3) is 0.353. The van der Waals surface area contributed by atoms with Gasteiger partial charge >= 0.3 is 5.97 Å². The van der Waals surface area contributed by atoms with Gasteiger partial charge in [-0.3, -0.25) is 4.79 Å². The molecule has 0 atom stereocenters. The van der Waals surface area contributed by atoms with Gasteiger partial charge in [0.1, 0.15) is 5.56 Å². The number of hydrogen-bond acceptors (Lipinski definition) is 4. The molecule has 0 fully saturated rings. The summed E-state index contributed by atoms with van der Waals surface area (Å²) in [7, 11) is 0. The Bertz CT molecular complexity index is 693. The Kier molecular flexibility index (Phi) is 5.51. The molecule has 6 nitrogen and oxygen atoms in total. The van der Waals surface area contributed by atoms with Crippen molar-refractivity contribution in [3.63, 3.8) is 0 Å². The fourth-order valence-corrected chi connectivity index (χ4v) is 2.28. The third-order valence-electron chi connectivity index (χ3n) is 3.40. The Morgan fingerprint density at radius 2 is 1.91 bits per heavy atom.